The van der Waals surface area contributed by atoms with Gasteiger partial charge in [0.25, 0.3) is 10.0 Å². The van der Waals surface area contributed by atoms with Gasteiger partial charge in [0.05, 0.1) is 16.1 Å². The summed E-state index contributed by atoms with van der Waals surface area (Å²) in [4.78, 5) is 11.5. The zero-order valence-corrected chi connectivity index (χ0v) is 22.4. The fraction of sp³-hybridized carbons (Fsp3) is 0.367. The van der Waals surface area contributed by atoms with E-state index in [-0.39, 0.29) is 5.56 Å². The maximum absolute atomic E-state index is 14.0. The van der Waals surface area contributed by atoms with E-state index in [2.05, 4.69) is 6.92 Å². The molecule has 5 nitrogen and oxygen atoms in total. The molecule has 0 spiro atoms. The van der Waals surface area contributed by atoms with E-state index in [1.54, 1.807) is 22.5 Å². The van der Waals surface area contributed by atoms with Crippen LogP contribution in [0.1, 0.15) is 71.6 Å². The highest BCUT2D eigenvalue weighted by Gasteiger charge is 2.27. The fourth-order valence-corrected chi connectivity index (χ4v) is 6.24. The molecule has 3 aromatic carbocycles. The number of carbonyl (C=O) groups is 1. The maximum Gasteiger partial charge on any atom is 0.335 e. The van der Waals surface area contributed by atoms with Crippen LogP contribution in [0.25, 0.3) is 0 Å². The predicted octanol–water partition coefficient (Wildman–Crippen LogP) is 6.95. The SMILES string of the molecule is CCCCCCCN(c1ccccc1CCc1ccc(C(=O)O)cc1)S(=O)(=O)c1ccc(C)cc1C. The van der Waals surface area contributed by atoms with Crippen molar-refractivity contribution in [2.45, 2.75) is 70.6 Å². The number of anilines is 1. The van der Waals surface area contributed by atoms with Gasteiger partial charge in [0.15, 0.2) is 0 Å². The molecule has 0 saturated carbocycles. The first-order valence-electron chi connectivity index (χ1n) is 12.7. The van der Waals surface area contributed by atoms with E-state index in [1.165, 1.54) is 0 Å². The molecule has 0 aromatic heterocycles. The summed E-state index contributed by atoms with van der Waals surface area (Å²) in [5.74, 6) is -0.946. The van der Waals surface area contributed by atoms with Crippen LogP contribution in [0.3, 0.4) is 0 Å². The third kappa shape index (κ3) is 6.97. The van der Waals surface area contributed by atoms with Crippen LogP contribution >= 0.6 is 0 Å². The van der Waals surface area contributed by atoms with E-state index in [0.29, 0.717) is 24.3 Å². The van der Waals surface area contributed by atoms with E-state index in [9.17, 15) is 13.2 Å². The summed E-state index contributed by atoms with van der Waals surface area (Å²) >= 11 is 0. The van der Waals surface area contributed by atoms with Gasteiger partial charge >= 0.3 is 5.97 Å². The van der Waals surface area contributed by atoms with Crippen LogP contribution in [0.15, 0.2) is 71.6 Å². The van der Waals surface area contributed by atoms with Crippen molar-refractivity contribution in [3.63, 3.8) is 0 Å². The van der Waals surface area contributed by atoms with E-state index in [0.717, 1.165) is 60.0 Å². The Morgan fingerprint density at radius 1 is 0.861 bits per heavy atom. The Hall–Kier alpha value is -3.12. The molecular formula is C30H37NO4S. The highest BCUT2D eigenvalue weighted by Crippen LogP contribution is 2.30. The summed E-state index contributed by atoms with van der Waals surface area (Å²) in [5.41, 5.74) is 4.73. The maximum atomic E-state index is 14.0. The number of rotatable bonds is 13. The minimum atomic E-state index is -3.75. The molecule has 3 rings (SSSR count). The molecule has 0 aliphatic carbocycles. The van der Waals surface area contributed by atoms with Gasteiger partial charge in [0.2, 0.25) is 0 Å². The first-order chi connectivity index (χ1) is 17.2. The molecule has 192 valence electrons. The summed E-state index contributed by atoms with van der Waals surface area (Å²) in [6.07, 6.45) is 6.52. The molecule has 0 aliphatic heterocycles. The van der Waals surface area contributed by atoms with E-state index < -0.39 is 16.0 Å². The van der Waals surface area contributed by atoms with E-state index >= 15 is 0 Å². The molecule has 0 bridgehead atoms. The molecule has 1 N–H and O–H groups in total. The number of nitrogens with zero attached hydrogens (tertiary/aromatic N) is 1. The summed E-state index contributed by atoms with van der Waals surface area (Å²) in [7, 11) is -3.75. The highest BCUT2D eigenvalue weighted by atomic mass is 32.2. The molecule has 3 aromatic rings. The summed E-state index contributed by atoms with van der Waals surface area (Å²) in [6, 6.07) is 20.1. The predicted molar refractivity (Wildman–Crippen MR) is 146 cm³/mol. The van der Waals surface area contributed by atoms with Gasteiger partial charge in [0, 0.05) is 6.54 Å². The molecule has 0 heterocycles. The number of carboxylic acids is 1. The Bertz CT molecular complexity index is 1270. The largest absolute Gasteiger partial charge is 0.478 e. The van der Waals surface area contributed by atoms with Crippen LogP contribution in [0.5, 0.6) is 0 Å². The van der Waals surface area contributed by atoms with Crippen LogP contribution in [0.2, 0.25) is 0 Å². The van der Waals surface area contributed by atoms with Crippen molar-refractivity contribution in [2.24, 2.45) is 0 Å². The quantitative estimate of drug-likeness (QED) is 0.254. The van der Waals surface area contributed by atoms with Crippen LogP contribution in [-0.4, -0.2) is 26.0 Å². The molecule has 0 unspecified atom stereocenters. The Kier molecular flexibility index (Phi) is 9.71. The number of carboxylic acid groups (broad SMARTS) is 1. The number of sulfonamides is 1. The molecule has 0 radical (unpaired) electrons. The number of benzene rings is 3. The van der Waals surface area contributed by atoms with Gasteiger partial charge in [-0.25, -0.2) is 13.2 Å². The average molecular weight is 508 g/mol. The third-order valence-corrected chi connectivity index (χ3v) is 8.48. The second-order valence-corrected chi connectivity index (χ2v) is 11.2. The van der Waals surface area contributed by atoms with Crippen molar-refractivity contribution >= 4 is 21.7 Å². The number of aromatic carboxylic acids is 1. The van der Waals surface area contributed by atoms with Gasteiger partial charge in [0.1, 0.15) is 0 Å². The number of hydrogen-bond acceptors (Lipinski definition) is 3. The number of aryl methyl sites for hydroxylation is 4. The zero-order chi connectivity index (χ0) is 26.1. The van der Waals surface area contributed by atoms with Crippen LogP contribution < -0.4 is 4.31 Å². The van der Waals surface area contributed by atoms with Crippen molar-refractivity contribution in [3.05, 3.63) is 94.5 Å². The lowest BCUT2D eigenvalue weighted by molar-refractivity contribution is 0.0697. The number of para-hydroxylation sites is 1. The Morgan fingerprint density at radius 3 is 2.22 bits per heavy atom. The molecule has 36 heavy (non-hydrogen) atoms. The van der Waals surface area contributed by atoms with Crippen LogP contribution in [0, 0.1) is 13.8 Å². The van der Waals surface area contributed by atoms with Crippen molar-refractivity contribution < 1.29 is 18.3 Å². The summed E-state index contributed by atoms with van der Waals surface area (Å²) in [5, 5.41) is 9.14. The minimum Gasteiger partial charge on any atom is -0.478 e. The van der Waals surface area contributed by atoms with Crippen LogP contribution in [-0.2, 0) is 22.9 Å². The monoisotopic (exact) mass is 507 g/mol. The molecular weight excluding hydrogens is 470 g/mol. The van der Waals surface area contributed by atoms with Gasteiger partial charge in [-0.15, -0.1) is 0 Å². The lowest BCUT2D eigenvalue weighted by Crippen LogP contribution is -2.33. The zero-order valence-electron chi connectivity index (χ0n) is 21.5. The molecule has 0 amide bonds. The van der Waals surface area contributed by atoms with Crippen molar-refractivity contribution in [1.82, 2.24) is 0 Å². The molecule has 0 atom stereocenters. The Balaban J connectivity index is 1.91. The first-order valence-corrected chi connectivity index (χ1v) is 14.2. The minimum absolute atomic E-state index is 0.257. The van der Waals surface area contributed by atoms with Gasteiger partial charge in [-0.2, -0.15) is 0 Å². The average Bonchev–Trinajstić information content (AvgIpc) is 2.85. The fourth-order valence-electron chi connectivity index (χ4n) is 4.50. The number of unbranched alkanes of at least 4 members (excludes halogenated alkanes) is 4. The normalized spacial score (nSPS) is 11.4. The van der Waals surface area contributed by atoms with Crippen molar-refractivity contribution in [1.29, 1.82) is 0 Å². The second kappa shape index (κ2) is 12.7. The molecule has 6 heteroatoms. The van der Waals surface area contributed by atoms with Crippen LogP contribution in [0.4, 0.5) is 5.69 Å². The molecule has 0 fully saturated rings. The van der Waals surface area contributed by atoms with Gasteiger partial charge in [-0.05, 0) is 74.1 Å². The van der Waals surface area contributed by atoms with E-state index in [1.807, 2.05) is 62.4 Å². The lowest BCUT2D eigenvalue weighted by atomic mass is 10.0. The second-order valence-electron chi connectivity index (χ2n) is 9.39. The first kappa shape index (κ1) is 27.5. The lowest BCUT2D eigenvalue weighted by Gasteiger charge is -2.28. The topological polar surface area (TPSA) is 74.7 Å². The molecule has 0 aliphatic rings. The van der Waals surface area contributed by atoms with Crippen molar-refractivity contribution in [3.8, 4) is 0 Å². The number of hydrogen-bond donors (Lipinski definition) is 1. The van der Waals surface area contributed by atoms with E-state index in [4.69, 9.17) is 5.11 Å². The third-order valence-electron chi connectivity index (χ3n) is 6.51. The Morgan fingerprint density at radius 2 is 1.56 bits per heavy atom. The summed E-state index contributed by atoms with van der Waals surface area (Å²) in [6.45, 7) is 6.42. The standard InChI is InChI=1S/C30H37NO4S/c1-4-5-6-7-10-21-31(36(34,35)29-20-13-23(2)22-24(29)3)28-12-9-8-11-26(28)17-14-25-15-18-27(19-16-25)30(32)33/h8-9,11-13,15-16,18-20,22H,4-7,10,14,17,21H2,1-3H3,(H,32,33). The molecule has 0 saturated heterocycles. The highest BCUT2D eigenvalue weighted by molar-refractivity contribution is 7.92. The summed E-state index contributed by atoms with van der Waals surface area (Å²) < 4.78 is 29.6. The Labute approximate surface area is 215 Å². The smallest absolute Gasteiger partial charge is 0.335 e. The van der Waals surface area contributed by atoms with Gasteiger partial charge < -0.3 is 5.11 Å². The van der Waals surface area contributed by atoms with Gasteiger partial charge in [-0.3, -0.25) is 4.31 Å². The van der Waals surface area contributed by atoms with Crippen molar-refractivity contribution in [2.75, 3.05) is 10.8 Å². The van der Waals surface area contributed by atoms with Gasteiger partial charge in [-0.1, -0.05) is 80.6 Å².